The number of amides is 1. The van der Waals surface area contributed by atoms with E-state index in [2.05, 4.69) is 41.5 Å². The van der Waals surface area contributed by atoms with Crippen molar-refractivity contribution in [3.8, 4) is 11.3 Å². The number of aryl methyl sites for hydroxylation is 1. The molecular formula is C24H23N5O2. The molecule has 0 bridgehead atoms. The Kier molecular flexibility index (Phi) is 5.09. The molecule has 0 spiro atoms. The number of fused-ring (bicyclic) bond motifs is 1. The number of hydrogen-bond acceptors (Lipinski definition) is 5. The monoisotopic (exact) mass is 413 g/mol. The minimum atomic E-state index is 0.0380. The molecule has 1 saturated heterocycles. The molecule has 0 atom stereocenters. The van der Waals surface area contributed by atoms with Crippen molar-refractivity contribution in [1.29, 1.82) is 0 Å². The van der Waals surface area contributed by atoms with E-state index in [1.54, 1.807) is 12.4 Å². The SMILES string of the molecule is Cc1ccc(-c2nc3cnccn3c2Nc2ccc(C(=O)N3CCOCC3)cc2)cc1. The van der Waals surface area contributed by atoms with Gasteiger partial charge in [0.1, 0.15) is 11.5 Å². The maximum absolute atomic E-state index is 12.7. The zero-order chi connectivity index (χ0) is 21.2. The van der Waals surface area contributed by atoms with Crippen molar-refractivity contribution < 1.29 is 9.53 Å². The van der Waals surface area contributed by atoms with E-state index < -0.39 is 0 Å². The number of benzene rings is 2. The Morgan fingerprint density at radius 2 is 1.77 bits per heavy atom. The normalized spacial score (nSPS) is 14.0. The first-order chi connectivity index (χ1) is 15.2. The van der Waals surface area contributed by atoms with E-state index in [0.29, 0.717) is 31.9 Å². The summed E-state index contributed by atoms with van der Waals surface area (Å²) in [6, 6.07) is 15.9. The van der Waals surface area contributed by atoms with E-state index in [0.717, 1.165) is 28.4 Å². The average molecular weight is 413 g/mol. The number of morpholine rings is 1. The van der Waals surface area contributed by atoms with Gasteiger partial charge < -0.3 is 15.0 Å². The van der Waals surface area contributed by atoms with Gasteiger partial charge in [-0.3, -0.25) is 14.2 Å². The third-order valence-electron chi connectivity index (χ3n) is 5.45. The summed E-state index contributed by atoms with van der Waals surface area (Å²) in [5.41, 5.74) is 5.39. The number of hydrogen-bond donors (Lipinski definition) is 1. The molecule has 4 aromatic rings. The van der Waals surface area contributed by atoms with Crippen LogP contribution in [-0.4, -0.2) is 51.5 Å². The second kappa shape index (κ2) is 8.20. The lowest BCUT2D eigenvalue weighted by Gasteiger charge is -2.26. The highest BCUT2D eigenvalue weighted by molar-refractivity contribution is 5.94. The van der Waals surface area contributed by atoms with E-state index in [9.17, 15) is 4.79 Å². The van der Waals surface area contributed by atoms with Crippen molar-refractivity contribution in [2.24, 2.45) is 0 Å². The van der Waals surface area contributed by atoms with Gasteiger partial charge in [-0.05, 0) is 31.2 Å². The first-order valence-corrected chi connectivity index (χ1v) is 10.3. The maximum atomic E-state index is 12.7. The number of ether oxygens (including phenoxy) is 1. The Labute approximate surface area is 180 Å². The molecule has 0 unspecified atom stereocenters. The molecule has 1 N–H and O–H groups in total. The van der Waals surface area contributed by atoms with Crippen LogP contribution in [0.5, 0.6) is 0 Å². The minimum absolute atomic E-state index is 0.0380. The lowest BCUT2D eigenvalue weighted by molar-refractivity contribution is 0.0303. The summed E-state index contributed by atoms with van der Waals surface area (Å²) < 4.78 is 7.32. The fourth-order valence-electron chi connectivity index (χ4n) is 3.72. The van der Waals surface area contributed by atoms with Crippen LogP contribution in [0.15, 0.2) is 67.1 Å². The van der Waals surface area contributed by atoms with Crippen molar-refractivity contribution in [3.05, 3.63) is 78.2 Å². The summed E-state index contributed by atoms with van der Waals surface area (Å²) in [6.45, 7) is 4.52. The maximum Gasteiger partial charge on any atom is 0.254 e. The quantitative estimate of drug-likeness (QED) is 0.549. The minimum Gasteiger partial charge on any atom is -0.378 e. The summed E-state index contributed by atoms with van der Waals surface area (Å²) in [5.74, 6) is 0.893. The molecule has 1 amide bonds. The summed E-state index contributed by atoms with van der Waals surface area (Å²) in [5, 5.41) is 3.48. The van der Waals surface area contributed by atoms with E-state index in [-0.39, 0.29) is 5.91 Å². The van der Waals surface area contributed by atoms with Crippen LogP contribution in [0.2, 0.25) is 0 Å². The van der Waals surface area contributed by atoms with Gasteiger partial charge in [0, 0.05) is 42.3 Å². The molecule has 0 saturated carbocycles. The van der Waals surface area contributed by atoms with Gasteiger partial charge in [-0.2, -0.15) is 0 Å². The number of rotatable bonds is 4. The molecule has 0 aliphatic carbocycles. The van der Waals surface area contributed by atoms with E-state index >= 15 is 0 Å². The van der Waals surface area contributed by atoms with Crippen LogP contribution in [0, 0.1) is 6.92 Å². The van der Waals surface area contributed by atoms with Crippen molar-refractivity contribution in [1.82, 2.24) is 19.3 Å². The molecule has 1 aliphatic rings. The smallest absolute Gasteiger partial charge is 0.254 e. The van der Waals surface area contributed by atoms with Crippen LogP contribution in [-0.2, 0) is 4.74 Å². The highest BCUT2D eigenvalue weighted by Gasteiger charge is 2.19. The van der Waals surface area contributed by atoms with Gasteiger partial charge in [0.2, 0.25) is 0 Å². The predicted molar refractivity (Wildman–Crippen MR) is 120 cm³/mol. The molecular weight excluding hydrogens is 390 g/mol. The summed E-state index contributed by atoms with van der Waals surface area (Å²) in [4.78, 5) is 23.5. The van der Waals surface area contributed by atoms with Crippen LogP contribution in [0.3, 0.4) is 0 Å². The van der Waals surface area contributed by atoms with Crippen LogP contribution in [0.25, 0.3) is 16.9 Å². The van der Waals surface area contributed by atoms with Gasteiger partial charge in [0.15, 0.2) is 5.65 Å². The van der Waals surface area contributed by atoms with Crippen molar-refractivity contribution in [2.75, 3.05) is 31.6 Å². The second-order valence-corrected chi connectivity index (χ2v) is 7.59. The number of nitrogens with one attached hydrogen (secondary N) is 1. The molecule has 2 aromatic carbocycles. The fraction of sp³-hybridized carbons (Fsp3) is 0.208. The number of aromatic nitrogens is 3. The number of anilines is 2. The van der Waals surface area contributed by atoms with Crippen molar-refractivity contribution in [2.45, 2.75) is 6.92 Å². The Morgan fingerprint density at radius 1 is 1.03 bits per heavy atom. The Balaban J connectivity index is 1.45. The highest BCUT2D eigenvalue weighted by Crippen LogP contribution is 2.31. The van der Waals surface area contributed by atoms with Crippen molar-refractivity contribution >= 4 is 23.1 Å². The van der Waals surface area contributed by atoms with Crippen molar-refractivity contribution in [3.63, 3.8) is 0 Å². The molecule has 156 valence electrons. The largest absolute Gasteiger partial charge is 0.378 e. The van der Waals surface area contributed by atoms with Gasteiger partial charge in [-0.15, -0.1) is 0 Å². The second-order valence-electron chi connectivity index (χ2n) is 7.59. The molecule has 1 fully saturated rings. The Hall–Kier alpha value is -3.71. The lowest BCUT2D eigenvalue weighted by Crippen LogP contribution is -2.40. The molecule has 7 heteroatoms. The standard InChI is InChI=1S/C24H23N5O2/c1-17-2-4-18(5-3-17)22-23(29-11-10-25-16-21(29)27-22)26-20-8-6-19(7-9-20)24(30)28-12-14-31-15-13-28/h2-11,16,26H,12-15H2,1H3. The molecule has 7 nitrogen and oxygen atoms in total. The predicted octanol–water partition coefficient (Wildman–Crippen LogP) is 3.92. The van der Waals surface area contributed by atoms with Gasteiger partial charge >= 0.3 is 0 Å². The van der Waals surface area contributed by atoms with E-state index in [1.807, 2.05) is 39.8 Å². The number of carbonyl (C=O) groups is 1. The molecule has 0 radical (unpaired) electrons. The summed E-state index contributed by atoms with van der Waals surface area (Å²) in [6.07, 6.45) is 5.37. The fourth-order valence-corrected chi connectivity index (χ4v) is 3.72. The van der Waals surface area contributed by atoms with E-state index in [1.165, 1.54) is 5.56 Å². The molecule has 31 heavy (non-hydrogen) atoms. The van der Waals surface area contributed by atoms with Crippen LogP contribution < -0.4 is 5.32 Å². The third kappa shape index (κ3) is 3.87. The average Bonchev–Trinajstić information content (AvgIpc) is 3.18. The molecule has 2 aromatic heterocycles. The summed E-state index contributed by atoms with van der Waals surface area (Å²) >= 11 is 0. The summed E-state index contributed by atoms with van der Waals surface area (Å²) in [7, 11) is 0. The third-order valence-corrected chi connectivity index (χ3v) is 5.45. The van der Waals surface area contributed by atoms with Crippen LogP contribution >= 0.6 is 0 Å². The first-order valence-electron chi connectivity index (χ1n) is 10.3. The molecule has 3 heterocycles. The van der Waals surface area contributed by atoms with Crippen LogP contribution in [0.4, 0.5) is 11.5 Å². The van der Waals surface area contributed by atoms with Gasteiger partial charge in [-0.25, -0.2) is 4.98 Å². The zero-order valence-electron chi connectivity index (χ0n) is 17.3. The van der Waals surface area contributed by atoms with Gasteiger partial charge in [-0.1, -0.05) is 29.8 Å². The van der Waals surface area contributed by atoms with Gasteiger partial charge in [0.25, 0.3) is 5.91 Å². The Bertz CT molecular complexity index is 1210. The lowest BCUT2D eigenvalue weighted by atomic mass is 10.1. The van der Waals surface area contributed by atoms with E-state index in [4.69, 9.17) is 9.72 Å². The molecule has 1 aliphatic heterocycles. The number of carbonyl (C=O) groups excluding carboxylic acids is 1. The highest BCUT2D eigenvalue weighted by atomic mass is 16.5. The topological polar surface area (TPSA) is 71.8 Å². The first kappa shape index (κ1) is 19.3. The number of imidazole rings is 1. The number of nitrogens with zero attached hydrogens (tertiary/aromatic N) is 4. The zero-order valence-corrected chi connectivity index (χ0v) is 17.3. The Morgan fingerprint density at radius 3 is 2.52 bits per heavy atom. The van der Waals surface area contributed by atoms with Gasteiger partial charge in [0.05, 0.1) is 19.4 Å². The van der Waals surface area contributed by atoms with Crippen LogP contribution in [0.1, 0.15) is 15.9 Å². The molecule has 5 rings (SSSR count).